The van der Waals surface area contributed by atoms with E-state index in [0.717, 1.165) is 5.56 Å². The number of benzene rings is 1. The minimum Gasteiger partial charge on any atom is -0.476 e. The number of Topliss-reactive ketones (excluding diaryl/α,β-unsaturated/α-hetero) is 1. The SMILES string of the molecule is Cc1ccc(C(=O)/C(=C2/NCCO2)n2cncn2)cc1. The molecular formula is C14H14N4O2. The van der Waals surface area contributed by atoms with Crippen LogP contribution in [0.5, 0.6) is 0 Å². The first-order valence-electron chi connectivity index (χ1n) is 6.33. The molecule has 1 saturated heterocycles. The van der Waals surface area contributed by atoms with Gasteiger partial charge in [0.25, 0.3) is 0 Å². The Labute approximate surface area is 116 Å². The van der Waals surface area contributed by atoms with Crippen molar-refractivity contribution in [2.45, 2.75) is 6.92 Å². The number of rotatable bonds is 3. The summed E-state index contributed by atoms with van der Waals surface area (Å²) >= 11 is 0. The predicted octanol–water partition coefficient (Wildman–Crippen LogP) is 1.22. The Hall–Kier alpha value is -2.63. The van der Waals surface area contributed by atoms with E-state index in [9.17, 15) is 4.79 Å². The normalized spacial score (nSPS) is 16.4. The zero-order valence-electron chi connectivity index (χ0n) is 11.0. The van der Waals surface area contributed by atoms with Gasteiger partial charge in [-0.25, -0.2) is 9.67 Å². The number of allylic oxidation sites excluding steroid dienone is 1. The van der Waals surface area contributed by atoms with Crippen LogP contribution < -0.4 is 5.32 Å². The average molecular weight is 270 g/mol. The molecule has 2 aromatic rings. The van der Waals surface area contributed by atoms with Crippen LogP contribution in [0.15, 0.2) is 42.8 Å². The van der Waals surface area contributed by atoms with Crippen molar-refractivity contribution in [2.24, 2.45) is 0 Å². The van der Waals surface area contributed by atoms with Gasteiger partial charge in [-0.15, -0.1) is 0 Å². The fourth-order valence-corrected chi connectivity index (χ4v) is 2.00. The highest BCUT2D eigenvalue weighted by Crippen LogP contribution is 2.18. The number of aromatic nitrogens is 3. The molecule has 1 aromatic heterocycles. The van der Waals surface area contributed by atoms with Crippen LogP contribution >= 0.6 is 0 Å². The summed E-state index contributed by atoms with van der Waals surface area (Å²) in [7, 11) is 0. The summed E-state index contributed by atoms with van der Waals surface area (Å²) in [6.45, 7) is 3.19. The molecule has 3 rings (SSSR count). The molecule has 2 heterocycles. The van der Waals surface area contributed by atoms with Gasteiger partial charge in [-0.2, -0.15) is 5.10 Å². The molecule has 0 saturated carbocycles. The van der Waals surface area contributed by atoms with Crippen LogP contribution in [0.25, 0.3) is 5.70 Å². The van der Waals surface area contributed by atoms with Gasteiger partial charge in [-0.1, -0.05) is 29.8 Å². The van der Waals surface area contributed by atoms with Crippen LogP contribution in [-0.4, -0.2) is 33.7 Å². The highest BCUT2D eigenvalue weighted by atomic mass is 16.5. The second-order valence-corrected chi connectivity index (χ2v) is 4.49. The topological polar surface area (TPSA) is 69.0 Å². The average Bonchev–Trinajstić information content (AvgIpc) is 3.13. The summed E-state index contributed by atoms with van der Waals surface area (Å²) in [5, 5.41) is 7.09. The van der Waals surface area contributed by atoms with Gasteiger partial charge in [0.1, 0.15) is 19.3 Å². The quantitative estimate of drug-likeness (QED) is 0.670. The monoisotopic (exact) mass is 270 g/mol. The summed E-state index contributed by atoms with van der Waals surface area (Å²) in [5.41, 5.74) is 2.04. The molecular weight excluding hydrogens is 256 g/mol. The van der Waals surface area contributed by atoms with E-state index < -0.39 is 0 Å². The molecule has 1 aliphatic rings. The Morgan fingerprint density at radius 1 is 1.35 bits per heavy atom. The van der Waals surface area contributed by atoms with Gasteiger partial charge >= 0.3 is 0 Å². The second kappa shape index (κ2) is 5.16. The van der Waals surface area contributed by atoms with E-state index in [4.69, 9.17) is 4.74 Å². The van der Waals surface area contributed by atoms with Crippen LogP contribution in [-0.2, 0) is 4.74 Å². The van der Waals surface area contributed by atoms with Crippen LogP contribution in [0.3, 0.4) is 0 Å². The maximum absolute atomic E-state index is 12.7. The summed E-state index contributed by atoms with van der Waals surface area (Å²) in [4.78, 5) is 16.6. The van der Waals surface area contributed by atoms with Crippen molar-refractivity contribution in [1.82, 2.24) is 20.1 Å². The standard InChI is InChI=1S/C14H14N4O2/c1-10-2-4-11(5-3-10)13(19)12(14-16-6-7-20-14)18-9-15-8-17-18/h2-5,8-9,16H,6-7H2,1H3/b14-12+. The molecule has 0 unspecified atom stereocenters. The third kappa shape index (κ3) is 2.27. The fraction of sp³-hybridized carbons (Fsp3) is 0.214. The predicted molar refractivity (Wildman–Crippen MR) is 72.7 cm³/mol. The lowest BCUT2D eigenvalue weighted by Gasteiger charge is -2.10. The van der Waals surface area contributed by atoms with E-state index in [1.165, 1.54) is 17.3 Å². The molecule has 6 heteroatoms. The Kier molecular flexibility index (Phi) is 3.20. The highest BCUT2D eigenvalue weighted by Gasteiger charge is 2.23. The molecule has 1 aromatic carbocycles. The molecule has 0 spiro atoms. The molecule has 0 atom stereocenters. The van der Waals surface area contributed by atoms with Gasteiger partial charge in [0.05, 0.1) is 6.54 Å². The summed E-state index contributed by atoms with van der Waals surface area (Å²) in [6.07, 6.45) is 2.87. The number of hydrogen-bond donors (Lipinski definition) is 1. The van der Waals surface area contributed by atoms with E-state index in [0.29, 0.717) is 30.3 Å². The van der Waals surface area contributed by atoms with Crippen molar-refractivity contribution in [1.29, 1.82) is 0 Å². The molecule has 1 aliphatic heterocycles. The maximum Gasteiger partial charge on any atom is 0.217 e. The maximum atomic E-state index is 12.7. The minimum atomic E-state index is -0.153. The van der Waals surface area contributed by atoms with Crippen LogP contribution in [0, 0.1) is 6.92 Å². The Morgan fingerprint density at radius 2 is 2.15 bits per heavy atom. The molecule has 102 valence electrons. The smallest absolute Gasteiger partial charge is 0.217 e. The zero-order chi connectivity index (χ0) is 13.9. The van der Waals surface area contributed by atoms with Crippen molar-refractivity contribution in [3.63, 3.8) is 0 Å². The van der Waals surface area contributed by atoms with Gasteiger partial charge in [0, 0.05) is 5.56 Å². The fourth-order valence-electron chi connectivity index (χ4n) is 2.00. The van der Waals surface area contributed by atoms with Crippen molar-refractivity contribution in [3.05, 3.63) is 53.9 Å². The third-order valence-corrected chi connectivity index (χ3v) is 3.03. The van der Waals surface area contributed by atoms with E-state index in [2.05, 4.69) is 15.4 Å². The molecule has 6 nitrogen and oxygen atoms in total. The first-order valence-corrected chi connectivity index (χ1v) is 6.33. The first-order chi connectivity index (χ1) is 9.75. The zero-order valence-corrected chi connectivity index (χ0v) is 11.0. The lowest BCUT2D eigenvalue weighted by atomic mass is 10.1. The number of carbonyl (C=O) groups excluding carboxylic acids is 1. The number of hydrogen-bond acceptors (Lipinski definition) is 5. The number of ether oxygens (including phenoxy) is 1. The molecule has 0 amide bonds. The van der Waals surface area contributed by atoms with Gasteiger partial charge < -0.3 is 10.1 Å². The van der Waals surface area contributed by atoms with E-state index in [-0.39, 0.29) is 5.78 Å². The first kappa shape index (κ1) is 12.4. The highest BCUT2D eigenvalue weighted by molar-refractivity contribution is 6.24. The molecule has 1 fully saturated rings. The number of ketones is 1. The summed E-state index contributed by atoms with van der Waals surface area (Å²) in [5.74, 6) is 0.293. The number of nitrogens with one attached hydrogen (secondary N) is 1. The second-order valence-electron chi connectivity index (χ2n) is 4.49. The lowest BCUT2D eigenvalue weighted by Crippen LogP contribution is -2.18. The van der Waals surface area contributed by atoms with Crippen LogP contribution in [0.1, 0.15) is 15.9 Å². The summed E-state index contributed by atoms with van der Waals surface area (Å²) < 4.78 is 6.89. The molecule has 1 N–H and O–H groups in total. The molecule has 0 aliphatic carbocycles. The minimum absolute atomic E-state index is 0.153. The van der Waals surface area contributed by atoms with Crippen molar-refractivity contribution < 1.29 is 9.53 Å². The number of nitrogens with zero attached hydrogens (tertiary/aromatic N) is 3. The van der Waals surface area contributed by atoms with E-state index >= 15 is 0 Å². The van der Waals surface area contributed by atoms with Gasteiger partial charge in [-0.3, -0.25) is 4.79 Å². The Bertz CT molecular complexity index is 636. The van der Waals surface area contributed by atoms with Gasteiger partial charge in [0.15, 0.2) is 5.70 Å². The van der Waals surface area contributed by atoms with Crippen LogP contribution in [0.2, 0.25) is 0 Å². The van der Waals surface area contributed by atoms with Crippen LogP contribution in [0.4, 0.5) is 0 Å². The third-order valence-electron chi connectivity index (χ3n) is 3.03. The van der Waals surface area contributed by atoms with Crippen molar-refractivity contribution in [3.8, 4) is 0 Å². The van der Waals surface area contributed by atoms with E-state index in [1.807, 2.05) is 19.1 Å². The molecule has 20 heavy (non-hydrogen) atoms. The Morgan fingerprint density at radius 3 is 2.75 bits per heavy atom. The van der Waals surface area contributed by atoms with Gasteiger partial charge in [0.2, 0.25) is 11.7 Å². The van der Waals surface area contributed by atoms with Gasteiger partial charge in [-0.05, 0) is 6.92 Å². The number of carbonyl (C=O) groups is 1. The van der Waals surface area contributed by atoms with Crippen molar-refractivity contribution in [2.75, 3.05) is 13.2 Å². The number of aryl methyl sites for hydroxylation is 1. The molecule has 0 radical (unpaired) electrons. The largest absolute Gasteiger partial charge is 0.476 e. The molecule has 0 bridgehead atoms. The summed E-state index contributed by atoms with van der Waals surface area (Å²) in [6, 6.07) is 7.40. The van der Waals surface area contributed by atoms with Crippen molar-refractivity contribution >= 4 is 11.5 Å². The van der Waals surface area contributed by atoms with E-state index in [1.54, 1.807) is 12.1 Å². The Balaban J connectivity index is 2.04. The lowest BCUT2D eigenvalue weighted by molar-refractivity contribution is 0.104.